The van der Waals surface area contributed by atoms with Crippen molar-refractivity contribution in [2.24, 2.45) is 0 Å². The summed E-state index contributed by atoms with van der Waals surface area (Å²) in [6.45, 7) is 3.21. The summed E-state index contributed by atoms with van der Waals surface area (Å²) in [6, 6.07) is 4.98. The Morgan fingerprint density at radius 3 is 2.62 bits per heavy atom. The Morgan fingerprint density at radius 1 is 1.38 bits per heavy atom. The largest absolute Gasteiger partial charge is 0.465 e. The van der Waals surface area contributed by atoms with Crippen LogP contribution >= 0.6 is 0 Å². The van der Waals surface area contributed by atoms with Gasteiger partial charge >= 0.3 is 5.97 Å². The van der Waals surface area contributed by atoms with E-state index in [1.165, 1.54) is 7.11 Å². The predicted octanol–water partition coefficient (Wildman–Crippen LogP) is 2.17. The topological polar surface area (TPSA) is 58.8 Å². The first-order chi connectivity index (χ1) is 11.3. The molecule has 1 heterocycles. The molecule has 8 heteroatoms. The summed E-state index contributed by atoms with van der Waals surface area (Å²) in [5.74, 6) is -0.502. The second-order valence-corrected chi connectivity index (χ2v) is 5.90. The van der Waals surface area contributed by atoms with Gasteiger partial charge in [0.05, 0.1) is 12.7 Å². The van der Waals surface area contributed by atoms with Crippen LogP contribution in [0.3, 0.4) is 0 Å². The van der Waals surface area contributed by atoms with Crippen molar-refractivity contribution in [3.05, 3.63) is 23.8 Å². The Hall–Kier alpha value is -1.96. The number of hydrogen-bond acceptors (Lipinski definition) is 5. The van der Waals surface area contributed by atoms with E-state index in [1.54, 1.807) is 23.1 Å². The molecule has 1 saturated heterocycles. The first-order valence-corrected chi connectivity index (χ1v) is 7.72. The highest BCUT2D eigenvalue weighted by Gasteiger charge is 2.29. The molecular weight excluding hydrogens is 323 g/mol. The number of carbonyl (C=O) groups excluding carboxylic acids is 1. The molecule has 1 aromatic rings. The van der Waals surface area contributed by atoms with Crippen LogP contribution in [0.5, 0.6) is 0 Å². The van der Waals surface area contributed by atoms with E-state index in [1.807, 2.05) is 11.8 Å². The molecule has 0 bridgehead atoms. The monoisotopic (exact) mass is 345 g/mol. The fourth-order valence-corrected chi connectivity index (χ4v) is 2.85. The number of rotatable bonds is 5. The molecule has 0 amide bonds. The van der Waals surface area contributed by atoms with E-state index in [0.717, 1.165) is 5.69 Å². The second-order valence-electron chi connectivity index (χ2n) is 5.90. The number of anilines is 2. The van der Waals surface area contributed by atoms with Crippen molar-refractivity contribution in [3.8, 4) is 0 Å². The van der Waals surface area contributed by atoms with Crippen molar-refractivity contribution in [2.75, 3.05) is 43.9 Å². The average molecular weight is 345 g/mol. The summed E-state index contributed by atoms with van der Waals surface area (Å²) in [7, 11) is 1.29. The van der Waals surface area contributed by atoms with Gasteiger partial charge in [-0.3, -0.25) is 4.90 Å². The summed E-state index contributed by atoms with van der Waals surface area (Å²) in [4.78, 5) is 15.3. The van der Waals surface area contributed by atoms with Gasteiger partial charge in [0.25, 0.3) is 6.43 Å². The lowest BCUT2D eigenvalue weighted by Gasteiger charge is -2.41. The van der Waals surface area contributed by atoms with Gasteiger partial charge in [0.2, 0.25) is 0 Å². The lowest BCUT2D eigenvalue weighted by atomic mass is 10.1. The number of benzene rings is 1. The quantitative estimate of drug-likeness (QED) is 0.655. The summed E-state index contributed by atoms with van der Waals surface area (Å²) in [5, 5.41) is 0. The Balaban J connectivity index is 2.03. The maximum absolute atomic E-state index is 13.2. The summed E-state index contributed by atoms with van der Waals surface area (Å²) < 4.78 is 42.6. The van der Waals surface area contributed by atoms with Crippen LogP contribution in [0, 0.1) is 0 Å². The van der Waals surface area contributed by atoms with E-state index in [2.05, 4.69) is 4.74 Å². The van der Waals surface area contributed by atoms with Crippen molar-refractivity contribution < 1.29 is 22.7 Å². The SMILES string of the molecule is COC(=O)c1ccc(N2CCN(CC(F)C(F)F)C(C)C2)cc1N. The zero-order chi connectivity index (χ0) is 17.9. The minimum Gasteiger partial charge on any atom is -0.465 e. The molecule has 0 spiro atoms. The first-order valence-electron chi connectivity index (χ1n) is 7.72. The highest BCUT2D eigenvalue weighted by molar-refractivity contribution is 5.95. The molecule has 2 N–H and O–H groups in total. The van der Waals surface area contributed by atoms with Gasteiger partial charge in [-0.2, -0.15) is 0 Å². The molecule has 0 aliphatic carbocycles. The predicted molar refractivity (Wildman–Crippen MR) is 86.3 cm³/mol. The smallest absolute Gasteiger partial charge is 0.339 e. The number of alkyl halides is 3. The van der Waals surface area contributed by atoms with Crippen molar-refractivity contribution >= 4 is 17.3 Å². The number of nitrogen functional groups attached to an aromatic ring is 1. The lowest BCUT2D eigenvalue weighted by Crippen LogP contribution is -2.54. The van der Waals surface area contributed by atoms with Crippen LogP contribution in [0.25, 0.3) is 0 Å². The standard InChI is InChI=1S/C16H22F3N3O2/c1-10-8-22(6-5-21(10)9-13(17)15(18)19)11-3-4-12(14(20)7-11)16(23)24-2/h3-4,7,10,13,15H,5-6,8-9,20H2,1-2H3. The third-order valence-electron chi connectivity index (χ3n) is 4.25. The summed E-state index contributed by atoms with van der Waals surface area (Å²) in [6.07, 6.45) is -5.09. The van der Waals surface area contributed by atoms with E-state index in [-0.39, 0.29) is 12.6 Å². The third-order valence-corrected chi connectivity index (χ3v) is 4.25. The Labute approximate surface area is 139 Å². The van der Waals surface area contributed by atoms with Crippen molar-refractivity contribution in [3.63, 3.8) is 0 Å². The van der Waals surface area contributed by atoms with E-state index in [9.17, 15) is 18.0 Å². The molecule has 1 aliphatic rings. The first kappa shape index (κ1) is 18.4. The Kier molecular flexibility index (Phi) is 5.93. The van der Waals surface area contributed by atoms with Crippen LogP contribution < -0.4 is 10.6 Å². The van der Waals surface area contributed by atoms with Crippen LogP contribution in [-0.4, -0.2) is 62.8 Å². The third kappa shape index (κ3) is 4.11. The van der Waals surface area contributed by atoms with Crippen LogP contribution in [0.1, 0.15) is 17.3 Å². The number of piperazine rings is 1. The average Bonchev–Trinajstić information content (AvgIpc) is 2.55. The molecule has 1 fully saturated rings. The minimum atomic E-state index is -2.96. The number of halogens is 3. The second kappa shape index (κ2) is 7.74. The van der Waals surface area contributed by atoms with E-state index in [0.29, 0.717) is 30.9 Å². The lowest BCUT2D eigenvalue weighted by molar-refractivity contribution is 0.0181. The molecule has 0 radical (unpaired) electrons. The van der Waals surface area contributed by atoms with Crippen LogP contribution in [0.2, 0.25) is 0 Å². The molecule has 2 unspecified atom stereocenters. The van der Waals surface area contributed by atoms with Crippen LogP contribution in [0.15, 0.2) is 18.2 Å². The van der Waals surface area contributed by atoms with Crippen molar-refractivity contribution in [1.29, 1.82) is 0 Å². The molecule has 1 aromatic carbocycles. The maximum Gasteiger partial charge on any atom is 0.339 e. The number of methoxy groups -OCH3 is 1. The number of nitrogens with zero attached hydrogens (tertiary/aromatic N) is 2. The fraction of sp³-hybridized carbons (Fsp3) is 0.562. The Morgan fingerprint density at radius 2 is 2.08 bits per heavy atom. The Bertz CT molecular complexity index is 586. The molecule has 0 aromatic heterocycles. The zero-order valence-electron chi connectivity index (χ0n) is 13.7. The molecule has 2 atom stereocenters. The highest BCUT2D eigenvalue weighted by atomic mass is 19.3. The molecular formula is C16H22F3N3O2. The highest BCUT2D eigenvalue weighted by Crippen LogP contribution is 2.25. The summed E-state index contributed by atoms with van der Waals surface area (Å²) >= 11 is 0. The summed E-state index contributed by atoms with van der Waals surface area (Å²) in [5.41, 5.74) is 7.34. The van der Waals surface area contributed by atoms with Gasteiger partial charge in [-0.25, -0.2) is 18.0 Å². The number of ether oxygens (including phenoxy) is 1. The van der Waals surface area contributed by atoms with E-state index >= 15 is 0 Å². The molecule has 0 saturated carbocycles. The molecule has 1 aliphatic heterocycles. The molecule has 24 heavy (non-hydrogen) atoms. The molecule has 5 nitrogen and oxygen atoms in total. The van der Waals surface area contributed by atoms with Crippen molar-refractivity contribution in [2.45, 2.75) is 25.6 Å². The van der Waals surface area contributed by atoms with Gasteiger partial charge in [-0.15, -0.1) is 0 Å². The van der Waals surface area contributed by atoms with Crippen LogP contribution in [-0.2, 0) is 4.74 Å². The van der Waals surface area contributed by atoms with Gasteiger partial charge < -0.3 is 15.4 Å². The normalized spacial score (nSPS) is 20.2. The molecule has 2 rings (SSSR count). The van der Waals surface area contributed by atoms with E-state index < -0.39 is 18.6 Å². The number of nitrogens with two attached hydrogens (primary N) is 1. The number of hydrogen-bond donors (Lipinski definition) is 1. The number of carbonyl (C=O) groups is 1. The van der Waals surface area contributed by atoms with Gasteiger partial charge in [-0.05, 0) is 25.1 Å². The van der Waals surface area contributed by atoms with Gasteiger partial charge in [-0.1, -0.05) is 0 Å². The van der Waals surface area contributed by atoms with Gasteiger partial charge in [0, 0.05) is 43.6 Å². The van der Waals surface area contributed by atoms with Crippen molar-refractivity contribution in [1.82, 2.24) is 4.90 Å². The van der Waals surface area contributed by atoms with Crippen LogP contribution in [0.4, 0.5) is 24.5 Å². The van der Waals surface area contributed by atoms with Gasteiger partial charge in [0.1, 0.15) is 0 Å². The zero-order valence-corrected chi connectivity index (χ0v) is 13.7. The van der Waals surface area contributed by atoms with E-state index in [4.69, 9.17) is 5.73 Å². The maximum atomic E-state index is 13.2. The minimum absolute atomic E-state index is 0.0720. The van der Waals surface area contributed by atoms with Gasteiger partial charge in [0.15, 0.2) is 6.17 Å². The fourth-order valence-electron chi connectivity index (χ4n) is 2.85. The number of esters is 1. The molecule has 134 valence electrons.